The summed E-state index contributed by atoms with van der Waals surface area (Å²) in [7, 11) is -3.44. The highest BCUT2D eigenvalue weighted by atomic mass is 32.2. The van der Waals surface area contributed by atoms with Crippen LogP contribution in [0.15, 0.2) is 53.4 Å². The third-order valence-electron chi connectivity index (χ3n) is 5.40. The monoisotopic (exact) mass is 445 g/mol. The summed E-state index contributed by atoms with van der Waals surface area (Å²) in [6, 6.07) is 13.0. The Kier molecular flexibility index (Phi) is 7.75. The number of rotatable bonds is 9. The first-order valence-electron chi connectivity index (χ1n) is 10.5. The van der Waals surface area contributed by atoms with E-state index < -0.39 is 14.9 Å². The van der Waals surface area contributed by atoms with Crippen LogP contribution in [0.4, 0.5) is 5.69 Å². The van der Waals surface area contributed by atoms with E-state index in [2.05, 4.69) is 5.32 Å². The molecule has 1 amide bonds. The van der Waals surface area contributed by atoms with Gasteiger partial charge in [-0.1, -0.05) is 30.7 Å². The molecule has 0 saturated carbocycles. The molecular weight excluding hydrogens is 418 g/mol. The molecule has 0 aromatic heterocycles. The van der Waals surface area contributed by atoms with Crippen molar-refractivity contribution in [2.75, 3.05) is 19.6 Å². The average Bonchev–Trinajstić information content (AvgIpc) is 2.79. The third-order valence-corrected chi connectivity index (χ3v) is 7.31. The largest absolute Gasteiger partial charge is 0.356 e. The molecule has 0 bridgehead atoms. The topological polar surface area (TPSA) is 110 Å². The van der Waals surface area contributed by atoms with Gasteiger partial charge < -0.3 is 5.32 Å². The molecular formula is C22H27N3O5S. The first kappa shape index (κ1) is 22.9. The number of nitrogens with one attached hydrogen (secondary N) is 1. The summed E-state index contributed by atoms with van der Waals surface area (Å²) >= 11 is 0. The number of benzene rings is 2. The number of piperidine rings is 1. The van der Waals surface area contributed by atoms with Crippen molar-refractivity contribution in [3.63, 3.8) is 0 Å². The van der Waals surface area contributed by atoms with Crippen LogP contribution in [0.2, 0.25) is 0 Å². The summed E-state index contributed by atoms with van der Waals surface area (Å²) in [6.45, 7) is 1.60. The lowest BCUT2D eigenvalue weighted by Crippen LogP contribution is -2.35. The smallest absolute Gasteiger partial charge is 0.269 e. The van der Waals surface area contributed by atoms with Crippen LogP contribution in [0, 0.1) is 10.1 Å². The predicted octanol–water partition coefficient (Wildman–Crippen LogP) is 3.06. The van der Waals surface area contributed by atoms with E-state index in [9.17, 15) is 23.3 Å². The van der Waals surface area contributed by atoms with Gasteiger partial charge in [0.15, 0.2) is 0 Å². The van der Waals surface area contributed by atoms with Gasteiger partial charge in [-0.3, -0.25) is 14.9 Å². The Bertz CT molecular complexity index is 998. The average molecular weight is 446 g/mol. The molecule has 0 aliphatic carbocycles. The molecule has 1 aliphatic rings. The minimum absolute atomic E-state index is 0.0440. The highest BCUT2D eigenvalue weighted by Gasteiger charge is 2.25. The maximum absolute atomic E-state index is 12.7. The molecule has 2 aromatic carbocycles. The molecule has 0 spiro atoms. The van der Waals surface area contributed by atoms with Gasteiger partial charge in [0.2, 0.25) is 15.9 Å². The van der Waals surface area contributed by atoms with Crippen LogP contribution in [-0.4, -0.2) is 43.2 Å². The molecule has 0 unspecified atom stereocenters. The van der Waals surface area contributed by atoms with E-state index in [1.165, 1.54) is 12.1 Å². The molecule has 1 heterocycles. The number of nitrogens with zero attached hydrogens (tertiary/aromatic N) is 2. The molecule has 0 atom stereocenters. The van der Waals surface area contributed by atoms with E-state index in [1.54, 1.807) is 40.7 Å². The summed E-state index contributed by atoms with van der Waals surface area (Å²) in [4.78, 5) is 22.6. The molecule has 0 radical (unpaired) electrons. The summed E-state index contributed by atoms with van der Waals surface area (Å²) < 4.78 is 26.9. The number of aryl methyl sites for hydroxylation is 1. The normalized spacial score (nSPS) is 14.8. The third kappa shape index (κ3) is 6.35. The van der Waals surface area contributed by atoms with Crippen LogP contribution < -0.4 is 5.32 Å². The molecule has 9 heteroatoms. The molecule has 1 aliphatic heterocycles. The Morgan fingerprint density at radius 3 is 2.13 bits per heavy atom. The second-order valence-electron chi connectivity index (χ2n) is 7.63. The van der Waals surface area contributed by atoms with Crippen LogP contribution in [0.25, 0.3) is 0 Å². The maximum Gasteiger partial charge on any atom is 0.269 e. The van der Waals surface area contributed by atoms with Gasteiger partial charge in [0, 0.05) is 38.2 Å². The van der Waals surface area contributed by atoms with E-state index in [4.69, 9.17) is 0 Å². The summed E-state index contributed by atoms with van der Waals surface area (Å²) in [5.41, 5.74) is 1.86. The van der Waals surface area contributed by atoms with Gasteiger partial charge in [0.25, 0.3) is 5.69 Å². The number of sulfonamides is 1. The Labute approximate surface area is 182 Å². The van der Waals surface area contributed by atoms with E-state index >= 15 is 0 Å². The van der Waals surface area contributed by atoms with Crippen LogP contribution >= 0.6 is 0 Å². The van der Waals surface area contributed by atoms with Crippen molar-refractivity contribution in [2.45, 2.75) is 43.4 Å². The van der Waals surface area contributed by atoms with E-state index in [0.29, 0.717) is 43.8 Å². The highest BCUT2D eigenvalue weighted by Crippen LogP contribution is 2.21. The second-order valence-corrected chi connectivity index (χ2v) is 9.57. The number of amides is 1. The number of carbonyl (C=O) groups is 1. The van der Waals surface area contributed by atoms with Gasteiger partial charge in [0.05, 0.1) is 9.82 Å². The van der Waals surface area contributed by atoms with Gasteiger partial charge in [-0.05, 0) is 48.9 Å². The van der Waals surface area contributed by atoms with Crippen molar-refractivity contribution in [1.82, 2.24) is 9.62 Å². The standard InChI is InChI=1S/C22H27N3O5S/c26-22(23-15-14-19-4-9-20(10-5-19)25(27)28)13-8-18-6-11-21(12-7-18)31(29,30)24-16-2-1-3-17-24/h4-7,9-12H,1-3,8,13-17H2,(H,23,26). The SMILES string of the molecule is O=C(CCc1ccc(S(=O)(=O)N2CCCCC2)cc1)NCCc1ccc([N+](=O)[O-])cc1. The lowest BCUT2D eigenvalue weighted by atomic mass is 10.1. The van der Waals surface area contributed by atoms with E-state index in [-0.39, 0.29) is 11.6 Å². The predicted molar refractivity (Wildman–Crippen MR) is 117 cm³/mol. The van der Waals surface area contributed by atoms with Gasteiger partial charge in [0.1, 0.15) is 0 Å². The zero-order valence-electron chi connectivity index (χ0n) is 17.3. The molecule has 1 N–H and O–H groups in total. The van der Waals surface area contributed by atoms with Crippen LogP contribution in [0.3, 0.4) is 0 Å². The van der Waals surface area contributed by atoms with Gasteiger partial charge >= 0.3 is 0 Å². The van der Waals surface area contributed by atoms with Gasteiger partial charge in [-0.15, -0.1) is 0 Å². The molecule has 2 aromatic rings. The number of carbonyl (C=O) groups excluding carboxylic acids is 1. The van der Waals surface area contributed by atoms with Crippen molar-refractivity contribution in [3.8, 4) is 0 Å². The number of hydrogen-bond donors (Lipinski definition) is 1. The van der Waals surface area contributed by atoms with Crippen molar-refractivity contribution < 1.29 is 18.1 Å². The summed E-state index contributed by atoms with van der Waals surface area (Å²) in [5, 5.41) is 13.5. The second kappa shape index (κ2) is 10.5. The Hall–Kier alpha value is -2.78. The maximum atomic E-state index is 12.7. The van der Waals surface area contributed by atoms with Crippen molar-refractivity contribution in [1.29, 1.82) is 0 Å². The quantitative estimate of drug-likeness (QED) is 0.471. The van der Waals surface area contributed by atoms with E-state index in [0.717, 1.165) is 30.4 Å². The van der Waals surface area contributed by atoms with Crippen LogP contribution in [-0.2, 0) is 27.7 Å². The highest BCUT2D eigenvalue weighted by molar-refractivity contribution is 7.89. The van der Waals surface area contributed by atoms with E-state index in [1.807, 2.05) is 0 Å². The fourth-order valence-corrected chi connectivity index (χ4v) is 5.08. The zero-order valence-corrected chi connectivity index (χ0v) is 18.1. The van der Waals surface area contributed by atoms with Gasteiger partial charge in [-0.2, -0.15) is 4.31 Å². The number of hydrogen-bond acceptors (Lipinski definition) is 5. The Balaban J connectivity index is 1.43. The van der Waals surface area contributed by atoms with Crippen molar-refractivity contribution in [2.24, 2.45) is 0 Å². The number of nitro groups is 1. The van der Waals surface area contributed by atoms with Gasteiger partial charge in [-0.25, -0.2) is 8.42 Å². The lowest BCUT2D eigenvalue weighted by Gasteiger charge is -2.25. The first-order chi connectivity index (χ1) is 14.9. The molecule has 166 valence electrons. The van der Waals surface area contributed by atoms with Crippen molar-refractivity contribution >= 4 is 21.6 Å². The molecule has 8 nitrogen and oxygen atoms in total. The lowest BCUT2D eigenvalue weighted by molar-refractivity contribution is -0.384. The molecule has 3 rings (SSSR count). The molecule has 1 fully saturated rings. The molecule has 1 saturated heterocycles. The summed E-state index contributed by atoms with van der Waals surface area (Å²) in [6.07, 6.45) is 4.28. The number of nitro benzene ring substituents is 1. The number of non-ortho nitro benzene ring substituents is 1. The molecule has 31 heavy (non-hydrogen) atoms. The Morgan fingerprint density at radius 2 is 1.52 bits per heavy atom. The van der Waals surface area contributed by atoms with Crippen molar-refractivity contribution in [3.05, 3.63) is 69.8 Å². The fraction of sp³-hybridized carbons (Fsp3) is 0.409. The Morgan fingerprint density at radius 1 is 0.935 bits per heavy atom. The van der Waals surface area contributed by atoms with Crippen LogP contribution in [0.1, 0.15) is 36.8 Å². The summed E-state index contributed by atoms with van der Waals surface area (Å²) in [5.74, 6) is -0.0908. The fourth-order valence-electron chi connectivity index (χ4n) is 3.56. The zero-order chi connectivity index (χ0) is 22.3. The minimum atomic E-state index is -3.44. The first-order valence-corrected chi connectivity index (χ1v) is 11.9. The van der Waals surface area contributed by atoms with Crippen LogP contribution in [0.5, 0.6) is 0 Å². The minimum Gasteiger partial charge on any atom is -0.356 e.